The minimum Gasteiger partial charge on any atom is -0.250 e. The summed E-state index contributed by atoms with van der Waals surface area (Å²) in [5, 5.41) is 3.29. The highest BCUT2D eigenvalue weighted by Gasteiger charge is 2.13. The van der Waals surface area contributed by atoms with Crippen LogP contribution in [0.5, 0.6) is 0 Å². The molecule has 0 aliphatic rings. The normalized spacial score (nSPS) is 15.9. The minimum atomic E-state index is 0.626. The van der Waals surface area contributed by atoms with Crippen LogP contribution in [0.4, 0.5) is 0 Å². The summed E-state index contributed by atoms with van der Waals surface area (Å²) < 4.78 is 0. The molecule has 2 atom stereocenters. The van der Waals surface area contributed by atoms with E-state index in [0.29, 0.717) is 10.7 Å². The Balaban J connectivity index is 2.41. The molecule has 0 aromatic carbocycles. The Morgan fingerprint density at radius 3 is 2.92 bits per heavy atom. The molecule has 1 nitrogen and oxygen atoms in total. The van der Waals surface area contributed by atoms with Crippen molar-refractivity contribution in [2.75, 3.05) is 0 Å². The molecule has 0 bridgehead atoms. The molecule has 68 valence electrons. The van der Waals surface area contributed by atoms with Gasteiger partial charge in [-0.25, -0.2) is 4.98 Å². The molecule has 0 saturated heterocycles. The fraction of sp³-hybridized carbons (Fsp3) is 0.667. The molecule has 1 aromatic heterocycles. The lowest BCUT2D eigenvalue weighted by Crippen LogP contribution is -2.12. The van der Waals surface area contributed by atoms with Crippen LogP contribution < -0.4 is 0 Å². The van der Waals surface area contributed by atoms with Crippen LogP contribution in [0.2, 0.25) is 0 Å². The number of alkyl halides is 1. The van der Waals surface area contributed by atoms with Crippen molar-refractivity contribution in [3.8, 4) is 0 Å². The van der Waals surface area contributed by atoms with Crippen molar-refractivity contribution < 1.29 is 0 Å². The molecule has 12 heavy (non-hydrogen) atoms. The van der Waals surface area contributed by atoms with Gasteiger partial charge in [-0.2, -0.15) is 0 Å². The topological polar surface area (TPSA) is 12.9 Å². The zero-order valence-electron chi connectivity index (χ0n) is 7.46. The molecule has 0 radical (unpaired) electrons. The van der Waals surface area contributed by atoms with E-state index in [4.69, 9.17) is 0 Å². The third-order valence-electron chi connectivity index (χ3n) is 1.99. The summed E-state index contributed by atoms with van der Waals surface area (Å²) in [5.74, 6) is 0.682. The van der Waals surface area contributed by atoms with E-state index in [2.05, 4.69) is 34.8 Å². The molecule has 0 aliphatic carbocycles. The summed E-state index contributed by atoms with van der Waals surface area (Å²) in [4.78, 5) is 4.90. The van der Waals surface area contributed by atoms with Gasteiger partial charge in [-0.1, -0.05) is 29.8 Å². The van der Waals surface area contributed by atoms with Crippen LogP contribution in [-0.2, 0) is 6.42 Å². The highest BCUT2D eigenvalue weighted by Crippen LogP contribution is 2.21. The van der Waals surface area contributed by atoms with Crippen LogP contribution in [0, 0.1) is 5.92 Å². The first-order chi connectivity index (χ1) is 5.74. The van der Waals surface area contributed by atoms with Crippen LogP contribution in [0.3, 0.4) is 0 Å². The summed E-state index contributed by atoms with van der Waals surface area (Å²) in [6, 6.07) is 0. The molecule has 2 unspecified atom stereocenters. The standard InChI is InChI=1S/C9H14BrNS/c1-3-8(10)7(2)6-9-11-4-5-12-9/h4-5,7-8H,3,6H2,1-2H3. The van der Waals surface area contributed by atoms with Gasteiger partial charge >= 0.3 is 0 Å². The molecular formula is C9H14BrNS. The van der Waals surface area contributed by atoms with Crippen molar-refractivity contribution in [3.63, 3.8) is 0 Å². The molecule has 0 aliphatic heterocycles. The molecule has 1 heterocycles. The lowest BCUT2D eigenvalue weighted by molar-refractivity contribution is 0.544. The van der Waals surface area contributed by atoms with Gasteiger partial charge in [0.2, 0.25) is 0 Å². The Hall–Kier alpha value is 0.110. The Labute approximate surface area is 86.3 Å². The van der Waals surface area contributed by atoms with Crippen molar-refractivity contribution in [1.82, 2.24) is 4.98 Å². The Bertz CT molecular complexity index is 210. The van der Waals surface area contributed by atoms with Crippen molar-refractivity contribution in [1.29, 1.82) is 0 Å². The molecule has 0 fully saturated rings. The van der Waals surface area contributed by atoms with Crippen molar-refractivity contribution >= 4 is 27.3 Å². The second kappa shape index (κ2) is 4.97. The van der Waals surface area contributed by atoms with Gasteiger partial charge in [0, 0.05) is 22.8 Å². The summed E-state index contributed by atoms with van der Waals surface area (Å²) >= 11 is 5.41. The van der Waals surface area contributed by atoms with Gasteiger partial charge in [0.15, 0.2) is 0 Å². The molecule has 0 spiro atoms. The first-order valence-corrected chi connectivity index (χ1v) is 6.06. The zero-order valence-corrected chi connectivity index (χ0v) is 9.86. The van der Waals surface area contributed by atoms with Gasteiger partial charge in [-0.15, -0.1) is 11.3 Å². The number of thiazole rings is 1. The molecular weight excluding hydrogens is 234 g/mol. The number of hydrogen-bond donors (Lipinski definition) is 0. The van der Waals surface area contributed by atoms with Crippen molar-refractivity contribution in [2.24, 2.45) is 5.92 Å². The third-order valence-corrected chi connectivity index (χ3v) is 4.34. The molecule has 3 heteroatoms. The first-order valence-electron chi connectivity index (χ1n) is 4.26. The first kappa shape index (κ1) is 10.2. The maximum Gasteiger partial charge on any atom is 0.0927 e. The predicted molar refractivity (Wildman–Crippen MR) is 58.0 cm³/mol. The highest BCUT2D eigenvalue weighted by atomic mass is 79.9. The average molecular weight is 248 g/mol. The van der Waals surface area contributed by atoms with Gasteiger partial charge in [-0.05, 0) is 12.3 Å². The van der Waals surface area contributed by atoms with Gasteiger partial charge in [0.25, 0.3) is 0 Å². The van der Waals surface area contributed by atoms with Crippen LogP contribution in [-0.4, -0.2) is 9.81 Å². The highest BCUT2D eigenvalue weighted by molar-refractivity contribution is 9.09. The molecule has 0 saturated carbocycles. The maximum atomic E-state index is 4.27. The maximum absolute atomic E-state index is 4.27. The fourth-order valence-corrected chi connectivity index (χ4v) is 2.11. The minimum absolute atomic E-state index is 0.626. The van der Waals surface area contributed by atoms with Gasteiger partial charge in [0.05, 0.1) is 5.01 Å². The zero-order chi connectivity index (χ0) is 8.97. The van der Waals surface area contributed by atoms with E-state index in [1.165, 1.54) is 11.4 Å². The number of hydrogen-bond acceptors (Lipinski definition) is 2. The molecule has 1 aromatic rings. The van der Waals surface area contributed by atoms with Crippen molar-refractivity contribution in [2.45, 2.75) is 31.5 Å². The number of rotatable bonds is 4. The van der Waals surface area contributed by atoms with Gasteiger partial charge < -0.3 is 0 Å². The lowest BCUT2D eigenvalue weighted by atomic mass is 10.0. The summed E-state index contributed by atoms with van der Waals surface area (Å²) in [6.07, 6.45) is 4.16. The summed E-state index contributed by atoms with van der Waals surface area (Å²) in [7, 11) is 0. The number of nitrogens with zero attached hydrogens (tertiary/aromatic N) is 1. The fourth-order valence-electron chi connectivity index (χ4n) is 1.16. The van der Waals surface area contributed by atoms with Gasteiger partial charge in [0.1, 0.15) is 0 Å². The molecule has 0 amide bonds. The van der Waals surface area contributed by atoms with E-state index in [-0.39, 0.29) is 0 Å². The van der Waals surface area contributed by atoms with E-state index >= 15 is 0 Å². The summed E-state index contributed by atoms with van der Waals surface area (Å²) in [5.41, 5.74) is 0. The largest absolute Gasteiger partial charge is 0.250 e. The average Bonchev–Trinajstić information content (AvgIpc) is 2.55. The van der Waals surface area contributed by atoms with Crippen LogP contribution in [0.25, 0.3) is 0 Å². The van der Waals surface area contributed by atoms with Gasteiger partial charge in [-0.3, -0.25) is 0 Å². The van der Waals surface area contributed by atoms with E-state index in [1.54, 1.807) is 11.3 Å². The SMILES string of the molecule is CCC(Br)C(C)Cc1nccs1. The second-order valence-corrected chi connectivity index (χ2v) is 5.19. The predicted octanol–water partition coefficient (Wildman–Crippen LogP) is 3.50. The van der Waals surface area contributed by atoms with E-state index in [0.717, 1.165) is 6.42 Å². The van der Waals surface area contributed by atoms with Crippen LogP contribution in [0.1, 0.15) is 25.3 Å². The third kappa shape index (κ3) is 2.87. The molecule has 0 N–H and O–H groups in total. The van der Waals surface area contributed by atoms with Crippen molar-refractivity contribution in [3.05, 3.63) is 16.6 Å². The number of aromatic nitrogens is 1. The second-order valence-electron chi connectivity index (χ2n) is 3.03. The van der Waals surface area contributed by atoms with E-state index in [9.17, 15) is 0 Å². The Kier molecular flexibility index (Phi) is 4.22. The summed E-state index contributed by atoms with van der Waals surface area (Å²) in [6.45, 7) is 4.47. The van der Waals surface area contributed by atoms with Crippen LogP contribution >= 0.6 is 27.3 Å². The monoisotopic (exact) mass is 247 g/mol. The van der Waals surface area contributed by atoms with E-state index < -0.39 is 0 Å². The Morgan fingerprint density at radius 2 is 2.42 bits per heavy atom. The smallest absolute Gasteiger partial charge is 0.0927 e. The molecule has 1 rings (SSSR count). The lowest BCUT2D eigenvalue weighted by Gasteiger charge is -2.14. The number of halogens is 1. The Morgan fingerprint density at radius 1 is 1.67 bits per heavy atom. The van der Waals surface area contributed by atoms with E-state index in [1.807, 2.05) is 11.6 Å². The van der Waals surface area contributed by atoms with Crippen LogP contribution in [0.15, 0.2) is 11.6 Å². The quantitative estimate of drug-likeness (QED) is 0.743.